The standard InChI is InChI=1S/C18H20N4O3/c1-25-18(24)13-7-3-4-8-14(13)21-17(23)15-11-20-16(12-19-15)22-9-5-2-6-10-22/h3-4,7-8,11-12H,2,5-6,9-10H2,1H3,(H,21,23). The molecule has 7 heteroatoms. The molecule has 130 valence electrons. The van der Waals surface area contributed by atoms with Crippen LogP contribution < -0.4 is 10.2 Å². The molecule has 0 aliphatic carbocycles. The van der Waals surface area contributed by atoms with Gasteiger partial charge in [-0.15, -0.1) is 0 Å². The van der Waals surface area contributed by atoms with Gasteiger partial charge in [-0.25, -0.2) is 14.8 Å². The molecule has 1 fully saturated rings. The third kappa shape index (κ3) is 3.93. The number of nitrogens with one attached hydrogen (secondary N) is 1. The Balaban J connectivity index is 1.72. The van der Waals surface area contributed by atoms with Gasteiger partial charge in [0.15, 0.2) is 0 Å². The van der Waals surface area contributed by atoms with Crippen molar-refractivity contribution in [3.8, 4) is 0 Å². The van der Waals surface area contributed by atoms with Crippen LogP contribution in [-0.4, -0.2) is 42.0 Å². The normalized spacial score (nSPS) is 14.0. The first-order chi connectivity index (χ1) is 12.2. The molecule has 1 N–H and O–H groups in total. The van der Waals surface area contributed by atoms with Gasteiger partial charge in [-0.3, -0.25) is 4.79 Å². The van der Waals surface area contributed by atoms with E-state index in [4.69, 9.17) is 4.74 Å². The highest BCUT2D eigenvalue weighted by Crippen LogP contribution is 2.18. The van der Waals surface area contributed by atoms with E-state index in [2.05, 4.69) is 20.2 Å². The first-order valence-electron chi connectivity index (χ1n) is 8.24. The molecule has 1 aliphatic heterocycles. The van der Waals surface area contributed by atoms with Crippen molar-refractivity contribution in [1.29, 1.82) is 0 Å². The second-order valence-electron chi connectivity index (χ2n) is 5.80. The Bertz CT molecular complexity index is 755. The van der Waals surface area contributed by atoms with Crippen LogP contribution in [0, 0.1) is 0 Å². The number of hydrogen-bond acceptors (Lipinski definition) is 6. The van der Waals surface area contributed by atoms with Crippen molar-refractivity contribution in [2.45, 2.75) is 19.3 Å². The van der Waals surface area contributed by atoms with Gasteiger partial charge in [-0.1, -0.05) is 12.1 Å². The fourth-order valence-corrected chi connectivity index (χ4v) is 2.79. The number of amides is 1. The third-order valence-corrected chi connectivity index (χ3v) is 4.13. The Hall–Kier alpha value is -2.96. The van der Waals surface area contributed by atoms with Crippen molar-refractivity contribution in [2.75, 3.05) is 30.4 Å². The van der Waals surface area contributed by atoms with Gasteiger partial charge in [0.05, 0.1) is 30.8 Å². The van der Waals surface area contributed by atoms with E-state index in [1.165, 1.54) is 19.7 Å². The number of ether oxygens (including phenoxy) is 1. The summed E-state index contributed by atoms with van der Waals surface area (Å²) in [6, 6.07) is 6.66. The first-order valence-corrected chi connectivity index (χ1v) is 8.24. The summed E-state index contributed by atoms with van der Waals surface area (Å²) < 4.78 is 4.72. The van der Waals surface area contributed by atoms with Crippen LogP contribution >= 0.6 is 0 Å². The van der Waals surface area contributed by atoms with E-state index in [-0.39, 0.29) is 11.3 Å². The molecule has 0 spiro atoms. The number of benzene rings is 1. The number of rotatable bonds is 4. The third-order valence-electron chi connectivity index (χ3n) is 4.13. The molecule has 0 bridgehead atoms. The molecule has 1 aromatic carbocycles. The molecule has 1 saturated heterocycles. The number of carbonyl (C=O) groups excluding carboxylic acids is 2. The lowest BCUT2D eigenvalue weighted by Crippen LogP contribution is -2.30. The quantitative estimate of drug-likeness (QED) is 0.861. The van der Waals surface area contributed by atoms with Gasteiger partial charge in [0.1, 0.15) is 11.5 Å². The Morgan fingerprint density at radius 1 is 1.08 bits per heavy atom. The molecule has 0 radical (unpaired) electrons. The number of methoxy groups -OCH3 is 1. The van der Waals surface area contributed by atoms with Crippen LogP contribution in [0.1, 0.15) is 40.1 Å². The highest BCUT2D eigenvalue weighted by molar-refractivity contribution is 6.06. The lowest BCUT2D eigenvalue weighted by molar-refractivity contribution is 0.0602. The van der Waals surface area contributed by atoms with Gasteiger partial charge in [-0.05, 0) is 31.4 Å². The van der Waals surface area contributed by atoms with Crippen LogP contribution in [0.4, 0.5) is 11.5 Å². The predicted octanol–water partition coefficient (Wildman–Crippen LogP) is 2.51. The smallest absolute Gasteiger partial charge is 0.339 e. The predicted molar refractivity (Wildman–Crippen MR) is 93.8 cm³/mol. The number of carbonyl (C=O) groups is 2. The molecule has 0 saturated carbocycles. The van der Waals surface area contributed by atoms with Crippen molar-refractivity contribution in [2.24, 2.45) is 0 Å². The number of anilines is 2. The highest BCUT2D eigenvalue weighted by Gasteiger charge is 2.17. The molecule has 1 aliphatic rings. The lowest BCUT2D eigenvalue weighted by atomic mass is 10.1. The molecule has 1 aromatic heterocycles. The van der Waals surface area contributed by atoms with E-state index in [1.54, 1.807) is 30.5 Å². The largest absolute Gasteiger partial charge is 0.465 e. The molecule has 25 heavy (non-hydrogen) atoms. The van der Waals surface area contributed by atoms with Gasteiger partial charge in [0.2, 0.25) is 0 Å². The van der Waals surface area contributed by atoms with E-state index in [1.807, 2.05) is 0 Å². The Morgan fingerprint density at radius 2 is 1.84 bits per heavy atom. The molecular formula is C18H20N4O3. The minimum absolute atomic E-state index is 0.195. The summed E-state index contributed by atoms with van der Waals surface area (Å²) >= 11 is 0. The summed E-state index contributed by atoms with van der Waals surface area (Å²) in [5, 5.41) is 2.69. The maximum Gasteiger partial charge on any atom is 0.339 e. The monoisotopic (exact) mass is 340 g/mol. The SMILES string of the molecule is COC(=O)c1ccccc1NC(=O)c1cnc(N2CCCCC2)cn1. The lowest BCUT2D eigenvalue weighted by Gasteiger charge is -2.27. The van der Waals surface area contributed by atoms with Crippen molar-refractivity contribution >= 4 is 23.4 Å². The fourth-order valence-electron chi connectivity index (χ4n) is 2.79. The van der Waals surface area contributed by atoms with E-state index >= 15 is 0 Å². The summed E-state index contributed by atoms with van der Waals surface area (Å²) in [4.78, 5) is 34.9. The number of aromatic nitrogens is 2. The van der Waals surface area contributed by atoms with Crippen molar-refractivity contribution in [3.63, 3.8) is 0 Å². The van der Waals surface area contributed by atoms with Gasteiger partial charge in [0, 0.05) is 13.1 Å². The Morgan fingerprint density at radius 3 is 2.52 bits per heavy atom. The maximum absolute atomic E-state index is 12.4. The topological polar surface area (TPSA) is 84.4 Å². The van der Waals surface area contributed by atoms with Gasteiger partial charge < -0.3 is 15.0 Å². The van der Waals surface area contributed by atoms with Crippen molar-refractivity contribution in [3.05, 3.63) is 47.9 Å². The molecule has 3 rings (SSSR count). The van der Waals surface area contributed by atoms with Crippen molar-refractivity contribution < 1.29 is 14.3 Å². The van der Waals surface area contributed by atoms with Crippen LogP contribution in [0.15, 0.2) is 36.7 Å². The van der Waals surface area contributed by atoms with Crippen LogP contribution in [0.25, 0.3) is 0 Å². The second-order valence-corrected chi connectivity index (χ2v) is 5.80. The first kappa shape index (κ1) is 16.9. The van der Waals surface area contributed by atoms with Gasteiger partial charge in [-0.2, -0.15) is 0 Å². The average Bonchev–Trinajstić information content (AvgIpc) is 2.68. The van der Waals surface area contributed by atoms with Crippen LogP contribution in [0.2, 0.25) is 0 Å². The summed E-state index contributed by atoms with van der Waals surface area (Å²) in [6.07, 6.45) is 6.61. The number of hydrogen-bond donors (Lipinski definition) is 1. The van der Waals surface area contributed by atoms with E-state index in [0.29, 0.717) is 5.69 Å². The minimum Gasteiger partial charge on any atom is -0.465 e. The second kappa shape index (κ2) is 7.74. The molecule has 1 amide bonds. The van der Waals surface area contributed by atoms with Gasteiger partial charge >= 0.3 is 5.97 Å². The summed E-state index contributed by atoms with van der Waals surface area (Å²) in [7, 11) is 1.30. The number of nitrogens with zero attached hydrogens (tertiary/aromatic N) is 3. The molecular weight excluding hydrogens is 320 g/mol. The zero-order valence-electron chi connectivity index (χ0n) is 14.1. The minimum atomic E-state index is -0.512. The van der Waals surface area contributed by atoms with Gasteiger partial charge in [0.25, 0.3) is 5.91 Å². The summed E-state index contributed by atoms with van der Waals surface area (Å²) in [6.45, 7) is 1.93. The Labute approximate surface area is 146 Å². The number of para-hydroxylation sites is 1. The molecule has 0 atom stereocenters. The van der Waals surface area contributed by atoms with Crippen LogP contribution in [0.5, 0.6) is 0 Å². The number of esters is 1. The molecule has 2 heterocycles. The highest BCUT2D eigenvalue weighted by atomic mass is 16.5. The summed E-state index contributed by atoms with van der Waals surface area (Å²) in [5.74, 6) is -0.150. The van der Waals surface area contributed by atoms with E-state index in [9.17, 15) is 9.59 Å². The number of piperidine rings is 1. The van der Waals surface area contributed by atoms with Crippen LogP contribution in [-0.2, 0) is 4.74 Å². The Kier molecular flexibility index (Phi) is 5.23. The molecule has 7 nitrogen and oxygen atoms in total. The average molecular weight is 340 g/mol. The van der Waals surface area contributed by atoms with Crippen LogP contribution in [0.3, 0.4) is 0 Å². The molecule has 0 unspecified atom stereocenters. The van der Waals surface area contributed by atoms with E-state index < -0.39 is 11.9 Å². The fraction of sp³-hybridized carbons (Fsp3) is 0.333. The zero-order chi connectivity index (χ0) is 17.6. The maximum atomic E-state index is 12.4. The van der Waals surface area contributed by atoms with Crippen molar-refractivity contribution in [1.82, 2.24) is 9.97 Å². The summed E-state index contributed by atoms with van der Waals surface area (Å²) in [5.41, 5.74) is 0.859. The van der Waals surface area contributed by atoms with E-state index in [0.717, 1.165) is 31.7 Å². The molecule has 2 aromatic rings. The zero-order valence-corrected chi connectivity index (χ0v) is 14.1.